The average molecular weight is 329 g/mol. The highest BCUT2D eigenvalue weighted by molar-refractivity contribution is 9.10. The van der Waals surface area contributed by atoms with Crippen molar-refractivity contribution in [1.82, 2.24) is 0 Å². The Kier molecular flexibility index (Phi) is 5.57. The molecular weight excluding hydrogens is 316 g/mol. The summed E-state index contributed by atoms with van der Waals surface area (Å²) in [5.74, 6) is -1.82. The first-order chi connectivity index (χ1) is 8.93. The maximum atomic E-state index is 10.9. The quantitative estimate of drug-likeness (QED) is 0.784. The molecule has 1 aromatic carbocycles. The van der Waals surface area contributed by atoms with E-state index in [0.717, 1.165) is 10.5 Å². The van der Waals surface area contributed by atoms with Crippen molar-refractivity contribution in [3.63, 3.8) is 0 Å². The lowest BCUT2D eigenvalue weighted by Crippen LogP contribution is -2.26. The molecule has 0 heterocycles. The first-order valence-corrected chi connectivity index (χ1v) is 6.33. The summed E-state index contributed by atoms with van der Waals surface area (Å²) in [4.78, 5) is 21.5. The van der Waals surface area contributed by atoms with Crippen LogP contribution in [0.25, 0.3) is 6.08 Å². The second-order valence-corrected chi connectivity index (χ2v) is 4.62. The number of benzene rings is 1. The van der Waals surface area contributed by atoms with E-state index in [4.69, 9.17) is 14.9 Å². The van der Waals surface area contributed by atoms with E-state index in [2.05, 4.69) is 15.9 Å². The van der Waals surface area contributed by atoms with Crippen LogP contribution in [0, 0.1) is 0 Å². The second kappa shape index (κ2) is 6.94. The van der Waals surface area contributed by atoms with Crippen molar-refractivity contribution < 1.29 is 24.5 Å². The summed E-state index contributed by atoms with van der Waals surface area (Å²) in [5.41, 5.74) is 0.497. The van der Waals surface area contributed by atoms with Gasteiger partial charge >= 0.3 is 11.9 Å². The van der Waals surface area contributed by atoms with Gasteiger partial charge in [0.15, 0.2) is 6.10 Å². The van der Waals surface area contributed by atoms with Crippen molar-refractivity contribution in [1.29, 1.82) is 0 Å². The average Bonchev–Trinajstić information content (AvgIpc) is 2.34. The van der Waals surface area contributed by atoms with Crippen LogP contribution in [-0.4, -0.2) is 28.3 Å². The van der Waals surface area contributed by atoms with Gasteiger partial charge in [-0.05, 0) is 30.7 Å². The van der Waals surface area contributed by atoms with Gasteiger partial charge in [-0.2, -0.15) is 0 Å². The molecule has 19 heavy (non-hydrogen) atoms. The summed E-state index contributed by atoms with van der Waals surface area (Å²) >= 11 is 3.26. The van der Waals surface area contributed by atoms with Crippen LogP contribution in [0.2, 0.25) is 0 Å². The fraction of sp³-hybridized carbons (Fsp3) is 0.231. The molecular formula is C13H13BrO5. The highest BCUT2D eigenvalue weighted by Gasteiger charge is 2.18. The first kappa shape index (κ1) is 15.2. The van der Waals surface area contributed by atoms with Crippen molar-refractivity contribution in [3.05, 3.63) is 34.3 Å². The number of rotatable bonds is 6. The predicted molar refractivity (Wildman–Crippen MR) is 73.2 cm³/mol. The molecule has 0 saturated heterocycles. The minimum Gasteiger partial charge on any atom is -0.479 e. The van der Waals surface area contributed by atoms with Crippen LogP contribution in [-0.2, 0) is 9.59 Å². The molecule has 2 N–H and O–H groups in total. The van der Waals surface area contributed by atoms with Crippen LogP contribution in [0.4, 0.5) is 0 Å². The molecule has 1 rings (SSSR count). The molecule has 1 aromatic rings. The van der Waals surface area contributed by atoms with E-state index in [9.17, 15) is 9.59 Å². The molecule has 0 aromatic heterocycles. The van der Waals surface area contributed by atoms with Gasteiger partial charge in [0.05, 0.1) is 0 Å². The topological polar surface area (TPSA) is 83.8 Å². The van der Waals surface area contributed by atoms with Gasteiger partial charge in [0.2, 0.25) is 0 Å². The van der Waals surface area contributed by atoms with E-state index in [-0.39, 0.29) is 0 Å². The number of hydrogen-bond donors (Lipinski definition) is 2. The highest BCUT2D eigenvalue weighted by Crippen LogP contribution is 2.26. The predicted octanol–water partition coefficient (Wildman–Crippen LogP) is 2.79. The number of ether oxygens (including phenoxy) is 1. The molecule has 5 nitrogen and oxygen atoms in total. The largest absolute Gasteiger partial charge is 0.479 e. The van der Waals surface area contributed by atoms with E-state index in [0.29, 0.717) is 17.7 Å². The number of aliphatic carboxylic acids is 2. The van der Waals surface area contributed by atoms with Gasteiger partial charge in [-0.3, -0.25) is 0 Å². The van der Waals surface area contributed by atoms with Gasteiger partial charge < -0.3 is 14.9 Å². The lowest BCUT2D eigenvalue weighted by atomic mass is 10.1. The smallest absolute Gasteiger partial charge is 0.344 e. The maximum absolute atomic E-state index is 10.9. The van der Waals surface area contributed by atoms with Gasteiger partial charge in [0.1, 0.15) is 5.75 Å². The van der Waals surface area contributed by atoms with Crippen LogP contribution in [0.5, 0.6) is 5.75 Å². The van der Waals surface area contributed by atoms with Gasteiger partial charge in [0.25, 0.3) is 0 Å². The summed E-state index contributed by atoms with van der Waals surface area (Å²) < 4.78 is 6.12. The van der Waals surface area contributed by atoms with E-state index >= 15 is 0 Å². The summed E-state index contributed by atoms with van der Waals surface area (Å²) in [6.07, 6.45) is 1.68. The third kappa shape index (κ3) is 4.75. The molecule has 0 aliphatic carbocycles. The Morgan fingerprint density at radius 3 is 2.63 bits per heavy atom. The molecule has 0 saturated carbocycles. The molecule has 1 atom stereocenters. The van der Waals surface area contributed by atoms with Gasteiger partial charge in [-0.1, -0.05) is 22.9 Å². The summed E-state index contributed by atoms with van der Waals surface area (Å²) in [6, 6.07) is 4.95. The fourth-order valence-electron chi connectivity index (χ4n) is 1.38. The normalized spacial score (nSPS) is 12.3. The number of carboxylic acids is 2. The second-order valence-electron chi connectivity index (χ2n) is 3.71. The van der Waals surface area contributed by atoms with Crippen molar-refractivity contribution >= 4 is 33.9 Å². The Morgan fingerprint density at radius 2 is 2.11 bits per heavy atom. The number of hydrogen-bond acceptors (Lipinski definition) is 3. The van der Waals surface area contributed by atoms with Gasteiger partial charge in [-0.25, -0.2) is 9.59 Å². The highest BCUT2D eigenvalue weighted by atomic mass is 79.9. The standard InChI is InChI=1S/C13H13BrO5/c1-2-10(13(17)18)19-11-5-4-9(14)7-8(11)3-6-12(15)16/h3-7,10H,2H2,1H3,(H,15,16)(H,17,18). The first-order valence-electron chi connectivity index (χ1n) is 5.54. The van der Waals surface area contributed by atoms with E-state index in [1.165, 1.54) is 6.08 Å². The van der Waals surface area contributed by atoms with Crippen molar-refractivity contribution in [2.75, 3.05) is 0 Å². The zero-order chi connectivity index (χ0) is 14.4. The molecule has 0 fully saturated rings. The molecule has 0 amide bonds. The zero-order valence-electron chi connectivity index (χ0n) is 10.2. The van der Waals surface area contributed by atoms with Crippen LogP contribution in [0.15, 0.2) is 28.7 Å². The minimum atomic E-state index is -1.09. The molecule has 6 heteroatoms. The monoisotopic (exact) mass is 328 g/mol. The molecule has 0 spiro atoms. The van der Waals surface area contributed by atoms with E-state index in [1.807, 2.05) is 0 Å². The minimum absolute atomic E-state index is 0.313. The molecule has 1 unspecified atom stereocenters. The van der Waals surface area contributed by atoms with E-state index in [1.54, 1.807) is 25.1 Å². The number of carbonyl (C=O) groups is 2. The van der Waals surface area contributed by atoms with Crippen LogP contribution < -0.4 is 4.74 Å². The van der Waals surface area contributed by atoms with Crippen molar-refractivity contribution in [2.45, 2.75) is 19.4 Å². The molecule has 0 bridgehead atoms. The zero-order valence-corrected chi connectivity index (χ0v) is 11.8. The lowest BCUT2D eigenvalue weighted by molar-refractivity contribution is -0.145. The Bertz CT molecular complexity index is 510. The van der Waals surface area contributed by atoms with Crippen molar-refractivity contribution in [3.8, 4) is 5.75 Å². The summed E-state index contributed by atoms with van der Waals surface area (Å²) in [5, 5.41) is 17.6. The van der Waals surface area contributed by atoms with Crippen LogP contribution in [0.1, 0.15) is 18.9 Å². The third-order valence-electron chi connectivity index (χ3n) is 2.29. The van der Waals surface area contributed by atoms with Crippen molar-refractivity contribution in [2.24, 2.45) is 0 Å². The number of carboxylic acid groups (broad SMARTS) is 2. The van der Waals surface area contributed by atoms with E-state index < -0.39 is 18.0 Å². The summed E-state index contributed by atoms with van der Waals surface area (Å²) in [6.45, 7) is 1.70. The Morgan fingerprint density at radius 1 is 1.42 bits per heavy atom. The van der Waals surface area contributed by atoms with Gasteiger partial charge in [0, 0.05) is 16.1 Å². The molecule has 0 aliphatic rings. The Balaban J connectivity index is 3.05. The Labute approximate surface area is 118 Å². The lowest BCUT2D eigenvalue weighted by Gasteiger charge is -2.15. The Hall–Kier alpha value is -1.82. The van der Waals surface area contributed by atoms with Gasteiger partial charge in [-0.15, -0.1) is 0 Å². The fourth-order valence-corrected chi connectivity index (χ4v) is 1.76. The molecule has 0 aliphatic heterocycles. The molecule has 0 radical (unpaired) electrons. The summed E-state index contributed by atoms with van der Waals surface area (Å²) in [7, 11) is 0. The third-order valence-corrected chi connectivity index (χ3v) is 2.79. The number of halogens is 1. The SMILES string of the molecule is CCC(Oc1ccc(Br)cc1C=CC(=O)O)C(=O)O. The van der Waals surface area contributed by atoms with Crippen LogP contribution >= 0.6 is 15.9 Å². The van der Waals surface area contributed by atoms with Crippen LogP contribution in [0.3, 0.4) is 0 Å². The molecule has 102 valence electrons. The maximum Gasteiger partial charge on any atom is 0.344 e.